The van der Waals surface area contributed by atoms with Gasteiger partial charge in [-0.3, -0.25) is 10.1 Å². The van der Waals surface area contributed by atoms with Crippen molar-refractivity contribution in [2.75, 3.05) is 0 Å². The molecule has 0 radical (unpaired) electrons. The maximum absolute atomic E-state index is 12.2. The van der Waals surface area contributed by atoms with Gasteiger partial charge in [-0.05, 0) is 49.7 Å². The Morgan fingerprint density at radius 3 is 2.62 bits per heavy atom. The van der Waals surface area contributed by atoms with Crippen molar-refractivity contribution in [3.05, 3.63) is 92.9 Å². The zero-order valence-electron chi connectivity index (χ0n) is 15.7. The van der Waals surface area contributed by atoms with Crippen LogP contribution in [0.5, 0.6) is 0 Å². The van der Waals surface area contributed by atoms with Crippen LogP contribution < -0.4 is 0 Å². The standard InChI is InChI=1S/C22H16N2O5/c1-13-4-3-5-15(10-13)21-23-19(22(25)29-21)12-17-7-9-20(28-17)18-8-6-16(24(26)27)11-14(18)2/h3-12H,1-2H3/b19-12-. The quantitative estimate of drug-likeness (QED) is 0.276. The number of hydrogen-bond acceptors (Lipinski definition) is 6. The van der Waals surface area contributed by atoms with Gasteiger partial charge in [0.15, 0.2) is 5.70 Å². The van der Waals surface area contributed by atoms with Crippen LogP contribution in [0.4, 0.5) is 5.69 Å². The second kappa shape index (κ2) is 7.20. The summed E-state index contributed by atoms with van der Waals surface area (Å²) in [5.74, 6) is 0.673. The van der Waals surface area contributed by atoms with Crippen molar-refractivity contribution in [3.8, 4) is 11.3 Å². The average molecular weight is 388 g/mol. The number of hydrogen-bond donors (Lipinski definition) is 0. The van der Waals surface area contributed by atoms with Gasteiger partial charge >= 0.3 is 5.97 Å². The molecular formula is C22H16N2O5. The average Bonchev–Trinajstić information content (AvgIpc) is 3.29. The predicted octanol–water partition coefficient (Wildman–Crippen LogP) is 4.82. The SMILES string of the molecule is Cc1cccc(C2=N/C(=C\c3ccc(-c4ccc([N+](=O)[O-])cc4C)o3)C(=O)O2)c1. The molecule has 0 unspecified atom stereocenters. The maximum Gasteiger partial charge on any atom is 0.363 e. The van der Waals surface area contributed by atoms with E-state index in [2.05, 4.69) is 4.99 Å². The zero-order chi connectivity index (χ0) is 20.5. The predicted molar refractivity (Wildman–Crippen MR) is 107 cm³/mol. The molecule has 1 aromatic heterocycles. The minimum atomic E-state index is -0.550. The molecule has 144 valence electrons. The second-order valence-electron chi connectivity index (χ2n) is 6.66. The van der Waals surface area contributed by atoms with E-state index in [1.807, 2.05) is 31.2 Å². The number of benzene rings is 2. The molecule has 0 N–H and O–H groups in total. The lowest BCUT2D eigenvalue weighted by Gasteiger charge is -2.02. The maximum atomic E-state index is 12.2. The van der Waals surface area contributed by atoms with E-state index in [0.717, 1.165) is 16.7 Å². The molecular weight excluding hydrogens is 372 g/mol. The fraction of sp³-hybridized carbons (Fsp3) is 0.0909. The van der Waals surface area contributed by atoms with E-state index in [-0.39, 0.29) is 17.3 Å². The van der Waals surface area contributed by atoms with Crippen LogP contribution in [-0.4, -0.2) is 16.8 Å². The van der Waals surface area contributed by atoms with E-state index in [0.29, 0.717) is 17.1 Å². The summed E-state index contributed by atoms with van der Waals surface area (Å²) in [6.07, 6.45) is 1.51. The number of non-ortho nitro benzene ring substituents is 1. The van der Waals surface area contributed by atoms with Crippen molar-refractivity contribution in [2.24, 2.45) is 4.99 Å². The highest BCUT2D eigenvalue weighted by Gasteiger charge is 2.24. The molecule has 0 saturated heterocycles. The largest absolute Gasteiger partial charge is 0.457 e. The number of aliphatic imine (C=N–C) groups is 1. The molecule has 0 aliphatic carbocycles. The molecule has 1 aliphatic rings. The molecule has 0 atom stereocenters. The Morgan fingerprint density at radius 1 is 1.07 bits per heavy atom. The van der Waals surface area contributed by atoms with Crippen LogP contribution in [0.2, 0.25) is 0 Å². The number of nitro benzene ring substituents is 1. The van der Waals surface area contributed by atoms with Gasteiger partial charge in [0.2, 0.25) is 5.90 Å². The van der Waals surface area contributed by atoms with Gasteiger partial charge < -0.3 is 9.15 Å². The van der Waals surface area contributed by atoms with E-state index in [9.17, 15) is 14.9 Å². The van der Waals surface area contributed by atoms with Gasteiger partial charge in [0.25, 0.3) is 5.69 Å². The number of esters is 1. The van der Waals surface area contributed by atoms with Crippen LogP contribution >= 0.6 is 0 Å². The Balaban J connectivity index is 1.62. The summed E-state index contributed by atoms with van der Waals surface area (Å²) >= 11 is 0. The number of furan rings is 1. The Hall–Kier alpha value is -4.00. The lowest BCUT2D eigenvalue weighted by atomic mass is 10.1. The monoisotopic (exact) mass is 388 g/mol. The number of nitro groups is 1. The fourth-order valence-corrected chi connectivity index (χ4v) is 3.06. The number of rotatable bonds is 4. The van der Waals surface area contributed by atoms with Crippen molar-refractivity contribution in [2.45, 2.75) is 13.8 Å². The van der Waals surface area contributed by atoms with Crippen LogP contribution in [0.1, 0.15) is 22.5 Å². The molecule has 0 spiro atoms. The summed E-state index contributed by atoms with van der Waals surface area (Å²) < 4.78 is 11.1. The number of carbonyl (C=O) groups is 1. The minimum Gasteiger partial charge on any atom is -0.457 e. The first-order valence-electron chi connectivity index (χ1n) is 8.85. The van der Waals surface area contributed by atoms with Crippen LogP contribution in [0.15, 0.2) is 69.7 Å². The highest BCUT2D eigenvalue weighted by atomic mass is 16.6. The molecule has 3 aromatic rings. The summed E-state index contributed by atoms with van der Waals surface area (Å²) in [5, 5.41) is 10.9. The van der Waals surface area contributed by atoms with Crippen LogP contribution in [0.3, 0.4) is 0 Å². The van der Waals surface area contributed by atoms with E-state index in [1.165, 1.54) is 18.2 Å². The highest BCUT2D eigenvalue weighted by Crippen LogP contribution is 2.29. The molecule has 0 fully saturated rings. The third kappa shape index (κ3) is 3.70. The summed E-state index contributed by atoms with van der Waals surface area (Å²) in [5.41, 5.74) is 3.37. The van der Waals surface area contributed by atoms with Crippen LogP contribution in [-0.2, 0) is 9.53 Å². The van der Waals surface area contributed by atoms with Crippen LogP contribution in [0, 0.1) is 24.0 Å². The number of carbonyl (C=O) groups excluding carboxylic acids is 1. The van der Waals surface area contributed by atoms with Crippen molar-refractivity contribution in [1.82, 2.24) is 0 Å². The van der Waals surface area contributed by atoms with Crippen LogP contribution in [0.25, 0.3) is 17.4 Å². The topological polar surface area (TPSA) is 94.9 Å². The summed E-state index contributed by atoms with van der Waals surface area (Å²) in [6.45, 7) is 3.72. The Labute approximate surface area is 166 Å². The molecule has 4 rings (SSSR count). The summed E-state index contributed by atoms with van der Waals surface area (Å²) in [4.78, 5) is 26.9. The Morgan fingerprint density at radius 2 is 1.90 bits per heavy atom. The second-order valence-corrected chi connectivity index (χ2v) is 6.66. The van der Waals surface area contributed by atoms with E-state index in [4.69, 9.17) is 9.15 Å². The number of nitrogens with zero attached hydrogens (tertiary/aromatic N) is 2. The molecule has 0 bridgehead atoms. The number of aryl methyl sites for hydroxylation is 2. The first kappa shape index (κ1) is 18.4. The van der Waals surface area contributed by atoms with Gasteiger partial charge in [0, 0.05) is 29.3 Å². The summed E-state index contributed by atoms with van der Waals surface area (Å²) in [6, 6.07) is 15.5. The van der Waals surface area contributed by atoms with Gasteiger partial charge in [-0.2, -0.15) is 0 Å². The van der Waals surface area contributed by atoms with E-state index in [1.54, 1.807) is 25.1 Å². The van der Waals surface area contributed by atoms with Gasteiger partial charge in [-0.15, -0.1) is 0 Å². The molecule has 29 heavy (non-hydrogen) atoms. The first-order chi connectivity index (χ1) is 13.9. The first-order valence-corrected chi connectivity index (χ1v) is 8.85. The normalized spacial score (nSPS) is 14.8. The van der Waals surface area contributed by atoms with Gasteiger partial charge in [-0.25, -0.2) is 9.79 Å². The third-order valence-electron chi connectivity index (χ3n) is 4.48. The lowest BCUT2D eigenvalue weighted by Crippen LogP contribution is -2.05. The third-order valence-corrected chi connectivity index (χ3v) is 4.48. The molecule has 0 saturated carbocycles. The Kier molecular flexibility index (Phi) is 4.56. The number of ether oxygens (including phenoxy) is 1. The van der Waals surface area contributed by atoms with Gasteiger partial charge in [0.05, 0.1) is 4.92 Å². The molecule has 2 heterocycles. The molecule has 1 aliphatic heterocycles. The molecule has 0 amide bonds. The van der Waals surface area contributed by atoms with Gasteiger partial charge in [-0.1, -0.05) is 17.7 Å². The van der Waals surface area contributed by atoms with E-state index >= 15 is 0 Å². The zero-order valence-corrected chi connectivity index (χ0v) is 15.7. The van der Waals surface area contributed by atoms with E-state index < -0.39 is 10.9 Å². The Bertz CT molecular complexity index is 1200. The van der Waals surface area contributed by atoms with Crippen molar-refractivity contribution in [3.63, 3.8) is 0 Å². The molecule has 7 heteroatoms. The fourth-order valence-electron chi connectivity index (χ4n) is 3.06. The molecule has 2 aromatic carbocycles. The summed E-state index contributed by atoms with van der Waals surface area (Å²) in [7, 11) is 0. The molecule has 7 nitrogen and oxygen atoms in total. The minimum absolute atomic E-state index is 0.0202. The lowest BCUT2D eigenvalue weighted by molar-refractivity contribution is -0.384. The highest BCUT2D eigenvalue weighted by molar-refractivity contribution is 6.12. The van der Waals surface area contributed by atoms with Crippen molar-refractivity contribution in [1.29, 1.82) is 0 Å². The van der Waals surface area contributed by atoms with Gasteiger partial charge in [0.1, 0.15) is 11.5 Å². The smallest absolute Gasteiger partial charge is 0.363 e. The van der Waals surface area contributed by atoms with Crippen molar-refractivity contribution >= 4 is 23.6 Å². The number of cyclic esters (lactones) is 1. The van der Waals surface area contributed by atoms with Crippen molar-refractivity contribution < 1.29 is 18.9 Å².